The highest BCUT2D eigenvalue weighted by molar-refractivity contribution is 5.85. The maximum Gasteiger partial charge on any atom is 0.316 e. The molecular weight excluding hydrogens is 278 g/mol. The molecule has 1 heterocycles. The molecule has 5 nitrogen and oxygen atoms in total. The Balaban J connectivity index is 1.86. The monoisotopic (exact) mass is 299 g/mol. The number of hydrogen-bond donors (Lipinski definition) is 2. The first-order chi connectivity index (χ1) is 10.6. The standard InChI is InChI=1S/C17H21N3O2/c1-12(9-18)7-13-8-17(13,16(21)22)15-10-20(11-19-15)14-5-3-2-4-6-14/h2-6,10-13H,7-9,18H2,1H3,(H,21,22)/t12-,13+,17-/m1/s1. The number of nitrogens with two attached hydrogens (primary N) is 1. The van der Waals surface area contributed by atoms with Gasteiger partial charge in [0.2, 0.25) is 0 Å². The number of imidazole rings is 1. The van der Waals surface area contributed by atoms with Crippen molar-refractivity contribution in [3.63, 3.8) is 0 Å². The van der Waals surface area contributed by atoms with Gasteiger partial charge in [-0.15, -0.1) is 0 Å². The first-order valence-electron chi connectivity index (χ1n) is 7.61. The van der Waals surface area contributed by atoms with Crippen LogP contribution in [0, 0.1) is 11.8 Å². The van der Waals surface area contributed by atoms with Crippen LogP contribution in [0.15, 0.2) is 42.9 Å². The van der Waals surface area contributed by atoms with Crippen LogP contribution in [0.4, 0.5) is 0 Å². The van der Waals surface area contributed by atoms with Gasteiger partial charge in [0.25, 0.3) is 0 Å². The maximum atomic E-state index is 11.8. The van der Waals surface area contributed by atoms with Gasteiger partial charge in [-0.2, -0.15) is 0 Å². The van der Waals surface area contributed by atoms with E-state index in [1.807, 2.05) is 41.1 Å². The Bertz CT molecular complexity index is 668. The van der Waals surface area contributed by atoms with E-state index in [-0.39, 0.29) is 5.92 Å². The number of benzene rings is 1. The van der Waals surface area contributed by atoms with E-state index in [2.05, 4.69) is 11.9 Å². The summed E-state index contributed by atoms with van der Waals surface area (Å²) >= 11 is 0. The fourth-order valence-electron chi connectivity index (χ4n) is 3.18. The quantitative estimate of drug-likeness (QED) is 0.857. The van der Waals surface area contributed by atoms with Crippen molar-refractivity contribution in [1.29, 1.82) is 0 Å². The minimum atomic E-state index is -0.830. The average Bonchev–Trinajstić information content (AvgIpc) is 3.04. The first kappa shape index (κ1) is 14.8. The predicted molar refractivity (Wildman–Crippen MR) is 83.8 cm³/mol. The van der Waals surface area contributed by atoms with Gasteiger partial charge >= 0.3 is 5.97 Å². The van der Waals surface area contributed by atoms with Gasteiger partial charge in [-0.25, -0.2) is 4.98 Å². The molecule has 3 N–H and O–H groups in total. The lowest BCUT2D eigenvalue weighted by Crippen LogP contribution is -2.24. The number of nitrogens with zero attached hydrogens (tertiary/aromatic N) is 2. The van der Waals surface area contributed by atoms with E-state index in [1.54, 1.807) is 6.33 Å². The molecule has 1 aliphatic carbocycles. The summed E-state index contributed by atoms with van der Waals surface area (Å²) in [5.41, 5.74) is 6.47. The van der Waals surface area contributed by atoms with Crippen LogP contribution in [-0.2, 0) is 10.2 Å². The second kappa shape index (κ2) is 5.57. The van der Waals surface area contributed by atoms with Crippen LogP contribution in [0.3, 0.4) is 0 Å². The summed E-state index contributed by atoms with van der Waals surface area (Å²) < 4.78 is 1.88. The summed E-state index contributed by atoms with van der Waals surface area (Å²) in [7, 11) is 0. The second-order valence-electron chi connectivity index (χ2n) is 6.26. The van der Waals surface area contributed by atoms with Gasteiger partial charge in [0.1, 0.15) is 5.41 Å². The zero-order chi connectivity index (χ0) is 15.7. The van der Waals surface area contributed by atoms with Crippen molar-refractivity contribution in [2.24, 2.45) is 17.6 Å². The molecule has 0 spiro atoms. The van der Waals surface area contributed by atoms with E-state index in [0.29, 0.717) is 24.6 Å². The number of para-hydroxylation sites is 1. The van der Waals surface area contributed by atoms with Crippen molar-refractivity contribution >= 4 is 5.97 Å². The molecule has 5 heteroatoms. The van der Waals surface area contributed by atoms with E-state index >= 15 is 0 Å². The van der Waals surface area contributed by atoms with Crippen molar-refractivity contribution in [3.05, 3.63) is 48.5 Å². The van der Waals surface area contributed by atoms with E-state index in [0.717, 1.165) is 12.1 Å². The van der Waals surface area contributed by atoms with Crippen LogP contribution in [0.2, 0.25) is 0 Å². The first-order valence-corrected chi connectivity index (χ1v) is 7.61. The predicted octanol–water partition coefficient (Wildman–Crippen LogP) is 2.20. The molecule has 1 aromatic heterocycles. The molecular formula is C17H21N3O2. The summed E-state index contributed by atoms with van der Waals surface area (Å²) in [6.07, 6.45) is 5.02. The topological polar surface area (TPSA) is 81.1 Å². The van der Waals surface area contributed by atoms with Gasteiger partial charge < -0.3 is 15.4 Å². The lowest BCUT2D eigenvalue weighted by molar-refractivity contribution is -0.140. The number of carboxylic acid groups (broad SMARTS) is 1. The Hall–Kier alpha value is -2.14. The molecule has 0 bridgehead atoms. The summed E-state index contributed by atoms with van der Waals surface area (Å²) in [6.45, 7) is 2.65. The highest BCUT2D eigenvalue weighted by Gasteiger charge is 2.62. The second-order valence-corrected chi connectivity index (χ2v) is 6.26. The highest BCUT2D eigenvalue weighted by Crippen LogP contribution is 2.56. The number of carboxylic acids is 1. The largest absolute Gasteiger partial charge is 0.481 e. The third kappa shape index (κ3) is 2.41. The Morgan fingerprint density at radius 1 is 1.50 bits per heavy atom. The molecule has 1 aliphatic rings. The molecule has 22 heavy (non-hydrogen) atoms. The maximum absolute atomic E-state index is 11.8. The molecule has 1 aromatic carbocycles. The van der Waals surface area contributed by atoms with Crippen LogP contribution in [0.5, 0.6) is 0 Å². The molecule has 0 amide bonds. The Labute approximate surface area is 129 Å². The third-order valence-electron chi connectivity index (χ3n) is 4.67. The Morgan fingerprint density at radius 2 is 2.23 bits per heavy atom. The van der Waals surface area contributed by atoms with Gasteiger partial charge in [0.15, 0.2) is 0 Å². The summed E-state index contributed by atoms with van der Waals surface area (Å²) in [6, 6.07) is 9.79. The Morgan fingerprint density at radius 3 is 2.86 bits per heavy atom. The van der Waals surface area contributed by atoms with E-state index in [4.69, 9.17) is 5.73 Å². The zero-order valence-electron chi connectivity index (χ0n) is 12.6. The minimum Gasteiger partial charge on any atom is -0.481 e. The fourth-order valence-corrected chi connectivity index (χ4v) is 3.18. The number of aliphatic carboxylic acids is 1. The molecule has 0 unspecified atom stereocenters. The van der Waals surface area contributed by atoms with Crippen LogP contribution < -0.4 is 5.73 Å². The molecule has 1 saturated carbocycles. The van der Waals surface area contributed by atoms with Gasteiger partial charge in [0.05, 0.1) is 12.0 Å². The molecule has 116 valence electrons. The summed E-state index contributed by atoms with van der Waals surface area (Å²) in [4.78, 5) is 16.2. The molecule has 0 aliphatic heterocycles. The van der Waals surface area contributed by atoms with Crippen molar-refractivity contribution in [2.75, 3.05) is 6.54 Å². The van der Waals surface area contributed by atoms with Crippen molar-refractivity contribution in [3.8, 4) is 5.69 Å². The zero-order valence-corrected chi connectivity index (χ0v) is 12.6. The lowest BCUT2D eigenvalue weighted by atomic mass is 9.94. The van der Waals surface area contributed by atoms with Crippen molar-refractivity contribution in [1.82, 2.24) is 9.55 Å². The number of rotatable bonds is 6. The number of hydrogen-bond acceptors (Lipinski definition) is 3. The van der Waals surface area contributed by atoms with Crippen LogP contribution in [0.25, 0.3) is 5.69 Å². The van der Waals surface area contributed by atoms with E-state index in [9.17, 15) is 9.90 Å². The fraction of sp³-hybridized carbons (Fsp3) is 0.412. The van der Waals surface area contributed by atoms with Crippen LogP contribution >= 0.6 is 0 Å². The lowest BCUT2D eigenvalue weighted by Gasteiger charge is -2.12. The highest BCUT2D eigenvalue weighted by atomic mass is 16.4. The minimum absolute atomic E-state index is 0.127. The van der Waals surface area contributed by atoms with Gasteiger partial charge in [0, 0.05) is 11.9 Å². The molecule has 1 fully saturated rings. The SMILES string of the molecule is C[C@@H](CN)C[C@H]1C[C@]1(C(=O)O)c1cn(-c2ccccc2)cn1. The number of carbonyl (C=O) groups is 1. The Kier molecular flexibility index (Phi) is 3.74. The summed E-state index contributed by atoms with van der Waals surface area (Å²) in [5.74, 6) is -0.315. The average molecular weight is 299 g/mol. The molecule has 0 radical (unpaired) electrons. The van der Waals surface area contributed by atoms with E-state index in [1.165, 1.54) is 0 Å². The summed E-state index contributed by atoms with van der Waals surface area (Å²) in [5, 5.41) is 9.71. The van der Waals surface area contributed by atoms with E-state index < -0.39 is 11.4 Å². The third-order valence-corrected chi connectivity index (χ3v) is 4.67. The van der Waals surface area contributed by atoms with Crippen LogP contribution in [-0.4, -0.2) is 27.2 Å². The van der Waals surface area contributed by atoms with Gasteiger partial charge in [-0.1, -0.05) is 25.1 Å². The normalized spacial score (nSPS) is 24.9. The van der Waals surface area contributed by atoms with Crippen molar-refractivity contribution < 1.29 is 9.90 Å². The number of aromatic nitrogens is 2. The molecule has 0 saturated heterocycles. The smallest absolute Gasteiger partial charge is 0.316 e. The van der Waals surface area contributed by atoms with Crippen molar-refractivity contribution in [2.45, 2.75) is 25.2 Å². The molecule has 2 aromatic rings. The van der Waals surface area contributed by atoms with Crippen LogP contribution in [0.1, 0.15) is 25.5 Å². The molecule has 3 rings (SSSR count). The van der Waals surface area contributed by atoms with Gasteiger partial charge in [-0.05, 0) is 43.4 Å². The molecule has 3 atom stereocenters. The van der Waals surface area contributed by atoms with Gasteiger partial charge in [-0.3, -0.25) is 4.79 Å².